The number of amides is 2. The van der Waals surface area contributed by atoms with Gasteiger partial charge in [-0.2, -0.15) is 5.26 Å². The molecule has 0 aliphatic rings. The van der Waals surface area contributed by atoms with E-state index in [0.717, 1.165) is 0 Å². The van der Waals surface area contributed by atoms with Gasteiger partial charge in [0.25, 0.3) is 0 Å². The van der Waals surface area contributed by atoms with Crippen LogP contribution in [-0.4, -0.2) is 18.9 Å². The summed E-state index contributed by atoms with van der Waals surface area (Å²) >= 11 is 5.95. The Labute approximate surface area is 137 Å². The van der Waals surface area contributed by atoms with E-state index in [9.17, 15) is 9.59 Å². The van der Waals surface area contributed by atoms with Crippen LogP contribution in [-0.2, 0) is 9.59 Å². The maximum absolute atomic E-state index is 11.9. The first-order valence-electron chi connectivity index (χ1n) is 6.50. The number of hydrogen-bond donors (Lipinski definition) is 2. The third kappa shape index (κ3) is 3.99. The van der Waals surface area contributed by atoms with Crippen LogP contribution in [0, 0.1) is 11.3 Å². The van der Waals surface area contributed by atoms with Gasteiger partial charge >= 0.3 is 11.8 Å². The molecule has 2 N–H and O–H groups in total. The molecule has 0 unspecified atom stereocenters. The molecule has 7 heteroatoms. The largest absolute Gasteiger partial charge is 0.495 e. The van der Waals surface area contributed by atoms with Crippen LogP contribution in [0.1, 0.15) is 5.56 Å². The molecule has 2 rings (SSSR count). The summed E-state index contributed by atoms with van der Waals surface area (Å²) in [6.07, 6.45) is 0. The van der Waals surface area contributed by atoms with Crippen LogP contribution in [0.2, 0.25) is 5.02 Å². The highest BCUT2D eigenvalue weighted by molar-refractivity contribution is 6.44. The van der Waals surface area contributed by atoms with Crippen molar-refractivity contribution in [2.75, 3.05) is 17.7 Å². The summed E-state index contributed by atoms with van der Waals surface area (Å²) in [7, 11) is 1.47. The van der Waals surface area contributed by atoms with Gasteiger partial charge in [0.2, 0.25) is 0 Å². The van der Waals surface area contributed by atoms with Crippen LogP contribution < -0.4 is 15.4 Å². The number of carbonyl (C=O) groups excluding carboxylic acids is 2. The predicted molar refractivity (Wildman–Crippen MR) is 86.4 cm³/mol. The number of para-hydroxylation sites is 1. The van der Waals surface area contributed by atoms with Crippen LogP contribution >= 0.6 is 11.6 Å². The molecule has 0 atom stereocenters. The van der Waals surface area contributed by atoms with Gasteiger partial charge in [0.05, 0.1) is 23.4 Å². The SMILES string of the molecule is COc1ccc(NC(=O)C(=O)Nc2ccccc2C#N)cc1Cl. The molecule has 2 aromatic carbocycles. The van der Waals surface area contributed by atoms with E-state index >= 15 is 0 Å². The molecule has 0 saturated carbocycles. The van der Waals surface area contributed by atoms with Gasteiger partial charge in [-0.25, -0.2) is 0 Å². The summed E-state index contributed by atoms with van der Waals surface area (Å²) in [6, 6.07) is 12.9. The van der Waals surface area contributed by atoms with Crippen molar-refractivity contribution in [2.24, 2.45) is 0 Å². The maximum atomic E-state index is 11.9. The molecule has 0 aliphatic carbocycles. The molecule has 116 valence electrons. The molecule has 0 heterocycles. The van der Waals surface area contributed by atoms with Crippen molar-refractivity contribution in [1.82, 2.24) is 0 Å². The van der Waals surface area contributed by atoms with Gasteiger partial charge < -0.3 is 15.4 Å². The van der Waals surface area contributed by atoms with Gasteiger partial charge in [-0.15, -0.1) is 0 Å². The highest BCUT2D eigenvalue weighted by Crippen LogP contribution is 2.27. The number of benzene rings is 2. The quantitative estimate of drug-likeness (QED) is 0.847. The number of halogens is 1. The fourth-order valence-corrected chi connectivity index (χ4v) is 2.06. The van der Waals surface area contributed by atoms with Crippen LogP contribution in [0.15, 0.2) is 42.5 Å². The van der Waals surface area contributed by atoms with E-state index in [4.69, 9.17) is 21.6 Å². The van der Waals surface area contributed by atoms with Gasteiger partial charge in [0.1, 0.15) is 11.8 Å². The molecule has 0 saturated heterocycles. The first-order valence-corrected chi connectivity index (χ1v) is 6.88. The highest BCUT2D eigenvalue weighted by Gasteiger charge is 2.16. The van der Waals surface area contributed by atoms with Crippen molar-refractivity contribution < 1.29 is 14.3 Å². The number of nitrogens with zero attached hydrogens (tertiary/aromatic N) is 1. The summed E-state index contributed by atoms with van der Waals surface area (Å²) in [6.45, 7) is 0. The summed E-state index contributed by atoms with van der Waals surface area (Å²) in [5.41, 5.74) is 0.883. The van der Waals surface area contributed by atoms with Gasteiger partial charge in [-0.05, 0) is 30.3 Å². The van der Waals surface area contributed by atoms with Crippen LogP contribution in [0.4, 0.5) is 11.4 Å². The fraction of sp³-hybridized carbons (Fsp3) is 0.0625. The third-order valence-electron chi connectivity index (χ3n) is 2.91. The molecular formula is C16H12ClN3O3. The average molecular weight is 330 g/mol. The molecular weight excluding hydrogens is 318 g/mol. The molecule has 2 amide bonds. The van der Waals surface area contributed by atoms with E-state index in [1.54, 1.807) is 24.3 Å². The van der Waals surface area contributed by atoms with Crippen molar-refractivity contribution in [2.45, 2.75) is 0 Å². The lowest BCUT2D eigenvalue weighted by atomic mass is 10.2. The number of nitriles is 1. The summed E-state index contributed by atoms with van der Waals surface area (Å²) < 4.78 is 5.00. The fourth-order valence-electron chi connectivity index (χ4n) is 1.80. The Balaban J connectivity index is 2.07. The van der Waals surface area contributed by atoms with Gasteiger partial charge in [0.15, 0.2) is 0 Å². The summed E-state index contributed by atoms with van der Waals surface area (Å²) in [4.78, 5) is 23.8. The minimum absolute atomic E-state index is 0.265. The number of methoxy groups -OCH3 is 1. The number of rotatable bonds is 3. The first-order chi connectivity index (χ1) is 11.0. The third-order valence-corrected chi connectivity index (χ3v) is 3.21. The van der Waals surface area contributed by atoms with Crippen molar-refractivity contribution in [1.29, 1.82) is 5.26 Å². The molecule has 0 aliphatic heterocycles. The second-order valence-corrected chi connectivity index (χ2v) is 4.82. The molecule has 6 nitrogen and oxygen atoms in total. The second-order valence-electron chi connectivity index (χ2n) is 4.41. The topological polar surface area (TPSA) is 91.2 Å². The Hall–Kier alpha value is -3.04. The van der Waals surface area contributed by atoms with E-state index in [0.29, 0.717) is 16.5 Å². The molecule has 0 bridgehead atoms. The lowest BCUT2D eigenvalue weighted by Crippen LogP contribution is -2.29. The van der Waals surface area contributed by atoms with E-state index in [1.807, 2.05) is 6.07 Å². The van der Waals surface area contributed by atoms with Crippen molar-refractivity contribution >= 4 is 34.8 Å². The summed E-state index contributed by atoms with van der Waals surface area (Å²) in [5.74, 6) is -1.31. The van der Waals surface area contributed by atoms with Gasteiger partial charge in [0, 0.05) is 5.69 Å². The standard InChI is InChI=1S/C16H12ClN3O3/c1-23-14-7-6-11(8-12(14)17)19-15(21)16(22)20-13-5-3-2-4-10(13)9-18/h2-8H,1H3,(H,19,21)(H,20,22). The minimum atomic E-state index is -0.889. The van der Waals surface area contributed by atoms with Crippen LogP contribution in [0.5, 0.6) is 5.75 Å². The molecule has 0 spiro atoms. The summed E-state index contributed by atoms with van der Waals surface area (Å²) in [5, 5.41) is 14.1. The number of hydrogen-bond acceptors (Lipinski definition) is 4. The van der Waals surface area contributed by atoms with Crippen molar-refractivity contribution in [3.05, 3.63) is 53.1 Å². The predicted octanol–water partition coefficient (Wildman–Crippen LogP) is 2.80. The smallest absolute Gasteiger partial charge is 0.314 e. The second kappa shape index (κ2) is 7.29. The molecule has 0 radical (unpaired) electrons. The average Bonchev–Trinajstić information content (AvgIpc) is 2.55. The monoisotopic (exact) mass is 329 g/mol. The zero-order valence-electron chi connectivity index (χ0n) is 12.1. The Bertz CT molecular complexity index is 799. The zero-order valence-corrected chi connectivity index (χ0v) is 12.8. The van der Waals surface area contributed by atoms with Crippen molar-refractivity contribution in [3.8, 4) is 11.8 Å². The first kappa shape index (κ1) is 16.3. The number of nitrogens with one attached hydrogen (secondary N) is 2. The lowest BCUT2D eigenvalue weighted by molar-refractivity contribution is -0.133. The van der Waals surface area contributed by atoms with E-state index in [1.165, 1.54) is 25.3 Å². The number of ether oxygens (including phenoxy) is 1. The lowest BCUT2D eigenvalue weighted by Gasteiger charge is -2.09. The van der Waals surface area contributed by atoms with Gasteiger partial charge in [-0.3, -0.25) is 9.59 Å². The van der Waals surface area contributed by atoms with Crippen molar-refractivity contribution in [3.63, 3.8) is 0 Å². The maximum Gasteiger partial charge on any atom is 0.314 e. The Morgan fingerprint density at radius 3 is 2.48 bits per heavy atom. The van der Waals surface area contributed by atoms with E-state index in [-0.39, 0.29) is 11.3 Å². The van der Waals surface area contributed by atoms with Gasteiger partial charge in [-0.1, -0.05) is 23.7 Å². The zero-order chi connectivity index (χ0) is 16.8. The minimum Gasteiger partial charge on any atom is -0.495 e. The van der Waals surface area contributed by atoms with E-state index in [2.05, 4.69) is 10.6 Å². The molecule has 23 heavy (non-hydrogen) atoms. The van der Waals surface area contributed by atoms with Crippen LogP contribution in [0.3, 0.4) is 0 Å². The van der Waals surface area contributed by atoms with E-state index < -0.39 is 11.8 Å². The molecule has 2 aromatic rings. The normalized spacial score (nSPS) is 9.61. The van der Waals surface area contributed by atoms with Crippen LogP contribution in [0.25, 0.3) is 0 Å². The molecule has 0 fully saturated rings. The Morgan fingerprint density at radius 1 is 1.13 bits per heavy atom. The highest BCUT2D eigenvalue weighted by atomic mass is 35.5. The Morgan fingerprint density at radius 2 is 1.83 bits per heavy atom. The number of carbonyl (C=O) groups is 2. The Kier molecular flexibility index (Phi) is 5.18. The molecule has 0 aromatic heterocycles. The number of anilines is 2.